The van der Waals surface area contributed by atoms with Crippen LogP contribution in [0.25, 0.3) is 5.65 Å². The molecule has 0 unspecified atom stereocenters. The predicted octanol–water partition coefficient (Wildman–Crippen LogP) is 0.390. The van der Waals surface area contributed by atoms with Crippen LogP contribution >= 0.6 is 0 Å². The molecule has 0 saturated carbocycles. The molecule has 0 spiro atoms. The number of nitrogens with zero attached hydrogens (tertiary/aromatic N) is 3. The van der Waals surface area contributed by atoms with Gasteiger partial charge in [-0.3, -0.25) is 14.0 Å². The fourth-order valence-electron chi connectivity index (χ4n) is 2.01. The Labute approximate surface area is 119 Å². The molecule has 0 aliphatic heterocycles. The van der Waals surface area contributed by atoms with Crippen molar-refractivity contribution in [3.8, 4) is 0 Å². The van der Waals surface area contributed by atoms with Crippen LogP contribution in [0.4, 0.5) is 0 Å². The normalized spacial score (nSPS) is 10.7. The molecule has 0 bridgehead atoms. The van der Waals surface area contributed by atoms with Gasteiger partial charge in [0, 0.05) is 37.8 Å². The number of aromatic nitrogens is 4. The average Bonchev–Trinajstić information content (AvgIpc) is 3.01. The second-order valence-corrected chi connectivity index (χ2v) is 4.45. The number of fused-ring (bicyclic) bond motifs is 1. The Morgan fingerprint density at radius 3 is 3.05 bits per heavy atom. The van der Waals surface area contributed by atoms with E-state index in [0.29, 0.717) is 18.6 Å². The molecule has 2 N–H and O–H groups in total. The van der Waals surface area contributed by atoms with Crippen LogP contribution in [0.1, 0.15) is 16.2 Å². The van der Waals surface area contributed by atoms with Gasteiger partial charge < -0.3 is 10.3 Å². The SMILES string of the molecule is O=C(NCCc1ncc[nH]1)c1cnc2ccccn2c1=O. The summed E-state index contributed by atoms with van der Waals surface area (Å²) in [5, 5.41) is 2.69. The van der Waals surface area contributed by atoms with Gasteiger partial charge in [0.1, 0.15) is 17.0 Å². The maximum Gasteiger partial charge on any atom is 0.270 e. The zero-order valence-corrected chi connectivity index (χ0v) is 11.1. The van der Waals surface area contributed by atoms with E-state index in [1.54, 1.807) is 36.8 Å². The van der Waals surface area contributed by atoms with Crippen molar-refractivity contribution in [3.05, 3.63) is 64.7 Å². The second-order valence-electron chi connectivity index (χ2n) is 4.45. The van der Waals surface area contributed by atoms with Gasteiger partial charge in [-0.05, 0) is 12.1 Å². The Kier molecular flexibility index (Phi) is 3.46. The van der Waals surface area contributed by atoms with Crippen LogP contribution in [0.2, 0.25) is 0 Å². The van der Waals surface area contributed by atoms with Crippen molar-refractivity contribution in [3.63, 3.8) is 0 Å². The standard InChI is InChI=1S/C14H13N5O2/c20-13(17-5-4-11-15-6-7-16-11)10-9-18-12-3-1-2-8-19(12)14(10)21/h1-3,6-9H,4-5H2,(H,15,16)(H,17,20). The molecule has 3 aromatic heterocycles. The van der Waals surface area contributed by atoms with Crippen LogP contribution in [0.15, 0.2) is 47.8 Å². The molecular formula is C14H13N5O2. The molecule has 0 aliphatic rings. The van der Waals surface area contributed by atoms with Crippen molar-refractivity contribution >= 4 is 11.6 Å². The number of H-pyrrole nitrogens is 1. The van der Waals surface area contributed by atoms with E-state index in [0.717, 1.165) is 5.82 Å². The lowest BCUT2D eigenvalue weighted by atomic mass is 10.3. The number of amides is 1. The first kappa shape index (κ1) is 13.0. The number of rotatable bonds is 4. The summed E-state index contributed by atoms with van der Waals surface area (Å²) in [6, 6.07) is 5.21. The quantitative estimate of drug-likeness (QED) is 0.724. The number of carbonyl (C=O) groups excluding carboxylic acids is 1. The molecular weight excluding hydrogens is 270 g/mol. The highest BCUT2D eigenvalue weighted by Crippen LogP contribution is 1.97. The van der Waals surface area contributed by atoms with Crippen molar-refractivity contribution in [1.82, 2.24) is 24.7 Å². The minimum Gasteiger partial charge on any atom is -0.351 e. The molecule has 1 amide bonds. The largest absolute Gasteiger partial charge is 0.351 e. The number of hydrogen-bond donors (Lipinski definition) is 2. The van der Waals surface area contributed by atoms with Crippen LogP contribution in [-0.2, 0) is 6.42 Å². The smallest absolute Gasteiger partial charge is 0.270 e. The van der Waals surface area contributed by atoms with Gasteiger partial charge in [0.15, 0.2) is 0 Å². The third kappa shape index (κ3) is 2.66. The van der Waals surface area contributed by atoms with Gasteiger partial charge in [0.2, 0.25) is 0 Å². The van der Waals surface area contributed by atoms with Crippen LogP contribution in [0, 0.1) is 0 Å². The first-order valence-electron chi connectivity index (χ1n) is 6.48. The highest BCUT2D eigenvalue weighted by Gasteiger charge is 2.12. The van der Waals surface area contributed by atoms with Crippen molar-refractivity contribution in [2.45, 2.75) is 6.42 Å². The van der Waals surface area contributed by atoms with E-state index in [4.69, 9.17) is 0 Å². The lowest BCUT2D eigenvalue weighted by Gasteiger charge is -2.05. The molecule has 0 fully saturated rings. The summed E-state index contributed by atoms with van der Waals surface area (Å²) in [7, 11) is 0. The van der Waals surface area contributed by atoms with Crippen molar-refractivity contribution in [1.29, 1.82) is 0 Å². The molecule has 0 atom stereocenters. The van der Waals surface area contributed by atoms with Crippen molar-refractivity contribution in [2.75, 3.05) is 6.54 Å². The van der Waals surface area contributed by atoms with Crippen molar-refractivity contribution < 1.29 is 4.79 Å². The van der Waals surface area contributed by atoms with E-state index in [-0.39, 0.29) is 11.1 Å². The minimum atomic E-state index is -0.433. The summed E-state index contributed by atoms with van der Waals surface area (Å²) in [4.78, 5) is 35.4. The lowest BCUT2D eigenvalue weighted by molar-refractivity contribution is 0.0952. The topological polar surface area (TPSA) is 92.2 Å². The van der Waals surface area contributed by atoms with E-state index in [2.05, 4.69) is 20.3 Å². The number of carbonyl (C=O) groups is 1. The van der Waals surface area contributed by atoms with Crippen LogP contribution in [0.3, 0.4) is 0 Å². The molecule has 3 heterocycles. The zero-order valence-electron chi connectivity index (χ0n) is 11.1. The summed E-state index contributed by atoms with van der Waals surface area (Å²) in [5.74, 6) is 0.348. The molecule has 3 rings (SSSR count). The third-order valence-electron chi connectivity index (χ3n) is 3.06. The fourth-order valence-corrected chi connectivity index (χ4v) is 2.01. The third-order valence-corrected chi connectivity index (χ3v) is 3.06. The van der Waals surface area contributed by atoms with E-state index in [1.165, 1.54) is 10.6 Å². The number of pyridine rings is 1. The van der Waals surface area contributed by atoms with Crippen LogP contribution < -0.4 is 10.9 Å². The van der Waals surface area contributed by atoms with Crippen molar-refractivity contribution in [2.24, 2.45) is 0 Å². The molecule has 0 saturated heterocycles. The molecule has 21 heavy (non-hydrogen) atoms. The van der Waals surface area contributed by atoms with Gasteiger partial charge in [-0.2, -0.15) is 0 Å². The van der Waals surface area contributed by atoms with Gasteiger partial charge in [0.05, 0.1) is 0 Å². The summed E-state index contributed by atoms with van der Waals surface area (Å²) < 4.78 is 1.35. The monoisotopic (exact) mass is 283 g/mol. The maximum absolute atomic E-state index is 12.2. The van der Waals surface area contributed by atoms with E-state index in [1.807, 2.05) is 0 Å². The van der Waals surface area contributed by atoms with E-state index < -0.39 is 5.91 Å². The Morgan fingerprint density at radius 2 is 2.24 bits per heavy atom. The molecule has 7 heteroatoms. The van der Waals surface area contributed by atoms with Gasteiger partial charge in [0.25, 0.3) is 11.5 Å². The molecule has 3 aromatic rings. The summed E-state index contributed by atoms with van der Waals surface area (Å²) in [5.41, 5.74) is 0.156. The predicted molar refractivity (Wildman–Crippen MR) is 76.1 cm³/mol. The first-order chi connectivity index (χ1) is 10.3. The van der Waals surface area contributed by atoms with Crippen LogP contribution in [0.5, 0.6) is 0 Å². The summed E-state index contributed by atoms with van der Waals surface area (Å²) >= 11 is 0. The molecule has 7 nitrogen and oxygen atoms in total. The fraction of sp³-hybridized carbons (Fsp3) is 0.143. The summed E-state index contributed by atoms with van der Waals surface area (Å²) in [6.45, 7) is 0.392. The Balaban J connectivity index is 1.75. The zero-order chi connectivity index (χ0) is 14.7. The Morgan fingerprint density at radius 1 is 1.33 bits per heavy atom. The van der Waals surface area contributed by atoms with Gasteiger partial charge >= 0.3 is 0 Å². The number of hydrogen-bond acceptors (Lipinski definition) is 4. The van der Waals surface area contributed by atoms with Gasteiger partial charge in [-0.25, -0.2) is 9.97 Å². The Bertz CT molecular complexity index is 823. The molecule has 0 radical (unpaired) electrons. The van der Waals surface area contributed by atoms with E-state index in [9.17, 15) is 9.59 Å². The van der Waals surface area contributed by atoms with Crippen LogP contribution in [-0.4, -0.2) is 31.8 Å². The number of imidazole rings is 1. The number of nitrogens with one attached hydrogen (secondary N) is 2. The van der Waals surface area contributed by atoms with Gasteiger partial charge in [-0.15, -0.1) is 0 Å². The molecule has 0 aromatic carbocycles. The summed E-state index contributed by atoms with van der Waals surface area (Å²) in [6.07, 6.45) is 6.83. The second kappa shape index (κ2) is 5.58. The highest BCUT2D eigenvalue weighted by atomic mass is 16.2. The maximum atomic E-state index is 12.2. The van der Waals surface area contributed by atoms with Gasteiger partial charge in [-0.1, -0.05) is 6.07 Å². The van der Waals surface area contributed by atoms with E-state index >= 15 is 0 Å². The molecule has 106 valence electrons. The minimum absolute atomic E-state index is 0.0261. The lowest BCUT2D eigenvalue weighted by Crippen LogP contribution is -2.32. The molecule has 0 aliphatic carbocycles. The highest BCUT2D eigenvalue weighted by molar-refractivity contribution is 5.93. The first-order valence-corrected chi connectivity index (χ1v) is 6.48. The number of aromatic amines is 1. The Hall–Kier alpha value is -2.96. The average molecular weight is 283 g/mol.